The highest BCUT2D eigenvalue weighted by molar-refractivity contribution is 5.96. The Hall–Kier alpha value is -2.11. The van der Waals surface area contributed by atoms with Gasteiger partial charge in [0, 0.05) is 11.8 Å². The number of nitrogens with zero attached hydrogens (tertiary/aromatic N) is 2. The van der Waals surface area contributed by atoms with Crippen molar-refractivity contribution in [1.29, 1.82) is 0 Å². The summed E-state index contributed by atoms with van der Waals surface area (Å²) in [6, 6.07) is 0. The molecule has 0 bridgehead atoms. The average molecular weight is 192 g/mol. The minimum Gasteiger partial charge on any atom is -0.364 e. The number of fused-ring (bicyclic) bond motifs is 1. The summed E-state index contributed by atoms with van der Waals surface area (Å²) in [5.41, 5.74) is 5.77. The van der Waals surface area contributed by atoms with Gasteiger partial charge in [-0.05, 0) is 6.92 Å². The number of rotatable bonds is 1. The van der Waals surface area contributed by atoms with Crippen molar-refractivity contribution in [2.75, 3.05) is 0 Å². The van der Waals surface area contributed by atoms with E-state index in [9.17, 15) is 9.59 Å². The largest absolute Gasteiger partial charge is 0.364 e. The summed E-state index contributed by atoms with van der Waals surface area (Å²) in [6.45, 7) is 1.67. The second-order valence-electron chi connectivity index (χ2n) is 2.98. The molecule has 2 rings (SSSR count). The summed E-state index contributed by atoms with van der Waals surface area (Å²) in [4.78, 5) is 28.5. The average Bonchev–Trinajstić information content (AvgIpc) is 2.48. The minimum absolute atomic E-state index is 0.0714. The smallest absolute Gasteiger partial charge is 0.271 e. The van der Waals surface area contributed by atoms with Gasteiger partial charge in [0.15, 0.2) is 5.69 Å². The number of amides is 1. The molecule has 1 amide bonds. The Morgan fingerprint density at radius 2 is 2.36 bits per heavy atom. The third kappa shape index (κ3) is 1.08. The van der Waals surface area contributed by atoms with Gasteiger partial charge in [-0.15, -0.1) is 0 Å². The van der Waals surface area contributed by atoms with Gasteiger partial charge in [-0.3, -0.25) is 14.0 Å². The molecule has 3 N–H and O–H groups in total. The molecule has 0 unspecified atom stereocenters. The molecule has 2 aromatic heterocycles. The van der Waals surface area contributed by atoms with Crippen LogP contribution in [0.3, 0.4) is 0 Å². The summed E-state index contributed by atoms with van der Waals surface area (Å²) < 4.78 is 1.55. The Bertz CT molecular complexity index is 566. The van der Waals surface area contributed by atoms with E-state index in [1.807, 2.05) is 0 Å². The lowest BCUT2D eigenvalue weighted by atomic mass is 10.3. The fraction of sp³-hybridized carbons (Fsp3) is 0.125. The fourth-order valence-electron chi connectivity index (χ4n) is 1.24. The van der Waals surface area contributed by atoms with E-state index in [-0.39, 0.29) is 11.3 Å². The summed E-state index contributed by atoms with van der Waals surface area (Å²) in [5, 5.41) is 0. The molecule has 2 heterocycles. The lowest BCUT2D eigenvalue weighted by Gasteiger charge is -1.96. The van der Waals surface area contributed by atoms with Crippen LogP contribution in [0.4, 0.5) is 0 Å². The lowest BCUT2D eigenvalue weighted by Crippen LogP contribution is -2.16. The molecule has 0 saturated heterocycles. The Morgan fingerprint density at radius 3 is 3.00 bits per heavy atom. The van der Waals surface area contributed by atoms with Crippen LogP contribution in [0.15, 0.2) is 17.3 Å². The molecular weight excluding hydrogens is 184 g/mol. The van der Waals surface area contributed by atoms with E-state index in [1.165, 1.54) is 6.33 Å². The van der Waals surface area contributed by atoms with Crippen molar-refractivity contribution in [3.8, 4) is 0 Å². The van der Waals surface area contributed by atoms with E-state index in [4.69, 9.17) is 5.73 Å². The lowest BCUT2D eigenvalue weighted by molar-refractivity contribution is 0.0997. The second-order valence-corrected chi connectivity index (χ2v) is 2.98. The van der Waals surface area contributed by atoms with Crippen LogP contribution < -0.4 is 11.3 Å². The zero-order chi connectivity index (χ0) is 10.3. The van der Waals surface area contributed by atoms with Crippen molar-refractivity contribution in [1.82, 2.24) is 14.4 Å². The normalized spacial score (nSPS) is 10.6. The molecular formula is C8H8N4O2. The molecule has 2 aromatic rings. The van der Waals surface area contributed by atoms with E-state index in [1.54, 1.807) is 17.5 Å². The van der Waals surface area contributed by atoms with Crippen LogP contribution in [0, 0.1) is 6.92 Å². The van der Waals surface area contributed by atoms with E-state index >= 15 is 0 Å². The number of carbonyl (C=O) groups excluding carboxylic acids is 1. The number of nitrogens with two attached hydrogens (primary N) is 1. The molecule has 0 aromatic carbocycles. The maximum atomic E-state index is 11.3. The van der Waals surface area contributed by atoms with Gasteiger partial charge in [-0.2, -0.15) is 0 Å². The van der Waals surface area contributed by atoms with Gasteiger partial charge < -0.3 is 10.7 Å². The molecule has 0 spiro atoms. The van der Waals surface area contributed by atoms with Crippen LogP contribution in [-0.4, -0.2) is 20.3 Å². The number of aromatic amines is 1. The van der Waals surface area contributed by atoms with Gasteiger partial charge in [0.1, 0.15) is 12.0 Å². The Morgan fingerprint density at radius 1 is 1.64 bits per heavy atom. The van der Waals surface area contributed by atoms with Crippen molar-refractivity contribution in [2.45, 2.75) is 6.92 Å². The number of carbonyl (C=O) groups is 1. The number of H-pyrrole nitrogens is 1. The van der Waals surface area contributed by atoms with E-state index in [2.05, 4.69) is 9.97 Å². The molecule has 0 aliphatic carbocycles. The third-order valence-electron chi connectivity index (χ3n) is 1.95. The molecule has 0 aliphatic heterocycles. The molecule has 0 aliphatic rings. The van der Waals surface area contributed by atoms with Gasteiger partial charge in [0.05, 0.1) is 0 Å². The summed E-state index contributed by atoms with van der Waals surface area (Å²) in [5.74, 6) is -0.660. The van der Waals surface area contributed by atoms with Crippen LogP contribution in [0.25, 0.3) is 5.65 Å². The third-order valence-corrected chi connectivity index (χ3v) is 1.95. The van der Waals surface area contributed by atoms with Gasteiger partial charge in [0.2, 0.25) is 0 Å². The summed E-state index contributed by atoms with van der Waals surface area (Å²) >= 11 is 0. The highest BCUT2D eigenvalue weighted by Gasteiger charge is 2.10. The highest BCUT2D eigenvalue weighted by atomic mass is 16.1. The number of hydrogen-bond acceptors (Lipinski definition) is 3. The zero-order valence-electron chi connectivity index (χ0n) is 7.44. The van der Waals surface area contributed by atoms with E-state index in [0.29, 0.717) is 11.2 Å². The van der Waals surface area contributed by atoms with Crippen molar-refractivity contribution < 1.29 is 4.79 Å². The molecule has 14 heavy (non-hydrogen) atoms. The van der Waals surface area contributed by atoms with Gasteiger partial charge in [0.25, 0.3) is 11.5 Å². The predicted octanol–water partition coefficient (Wildman–Crippen LogP) is -0.570. The number of aromatic nitrogens is 3. The van der Waals surface area contributed by atoms with Crippen molar-refractivity contribution in [2.24, 2.45) is 5.73 Å². The van der Waals surface area contributed by atoms with Crippen LogP contribution in [0.2, 0.25) is 0 Å². The predicted molar refractivity (Wildman–Crippen MR) is 49.1 cm³/mol. The second kappa shape index (κ2) is 2.69. The zero-order valence-corrected chi connectivity index (χ0v) is 7.44. The SMILES string of the molecule is Cc1cn2cnc(C(N)=O)c2[nH]c1=O. The number of primary amides is 1. The Kier molecular flexibility index (Phi) is 1.63. The number of nitrogens with one attached hydrogen (secondary N) is 1. The van der Waals surface area contributed by atoms with Gasteiger partial charge >= 0.3 is 0 Å². The van der Waals surface area contributed by atoms with E-state index < -0.39 is 5.91 Å². The first-order valence-corrected chi connectivity index (χ1v) is 3.96. The Labute approximate surface area is 78.4 Å². The first-order valence-electron chi connectivity index (χ1n) is 3.96. The summed E-state index contributed by atoms with van der Waals surface area (Å²) in [7, 11) is 0. The quantitative estimate of drug-likeness (QED) is 0.633. The minimum atomic E-state index is -0.660. The van der Waals surface area contributed by atoms with Gasteiger partial charge in [-0.1, -0.05) is 0 Å². The first-order chi connectivity index (χ1) is 6.59. The van der Waals surface area contributed by atoms with E-state index in [0.717, 1.165) is 0 Å². The van der Waals surface area contributed by atoms with Crippen molar-refractivity contribution in [3.05, 3.63) is 34.1 Å². The standard InChI is InChI=1S/C8H8N4O2/c1-4-2-12-3-10-5(6(9)13)7(12)11-8(4)14/h2-3H,1H3,(H2,9,13)(H,11,14). The fourth-order valence-corrected chi connectivity index (χ4v) is 1.24. The highest BCUT2D eigenvalue weighted by Crippen LogP contribution is 2.03. The Balaban J connectivity index is 2.87. The topological polar surface area (TPSA) is 93.2 Å². The van der Waals surface area contributed by atoms with Crippen LogP contribution in [0.1, 0.15) is 16.1 Å². The number of imidazole rings is 1. The maximum absolute atomic E-state index is 11.3. The molecule has 72 valence electrons. The number of hydrogen-bond donors (Lipinski definition) is 2. The van der Waals surface area contributed by atoms with Crippen LogP contribution >= 0.6 is 0 Å². The maximum Gasteiger partial charge on any atom is 0.271 e. The van der Waals surface area contributed by atoms with Gasteiger partial charge in [-0.25, -0.2) is 4.98 Å². The summed E-state index contributed by atoms with van der Waals surface area (Å²) in [6.07, 6.45) is 3.02. The van der Waals surface area contributed by atoms with Crippen molar-refractivity contribution >= 4 is 11.6 Å². The molecule has 0 saturated carbocycles. The molecule has 6 nitrogen and oxygen atoms in total. The monoisotopic (exact) mass is 192 g/mol. The van der Waals surface area contributed by atoms with Crippen LogP contribution in [0.5, 0.6) is 0 Å². The number of aryl methyl sites for hydroxylation is 1. The molecule has 6 heteroatoms. The van der Waals surface area contributed by atoms with Crippen LogP contribution in [-0.2, 0) is 0 Å². The van der Waals surface area contributed by atoms with Crippen molar-refractivity contribution in [3.63, 3.8) is 0 Å². The molecule has 0 atom stereocenters. The molecule has 0 radical (unpaired) electrons. The molecule has 0 fully saturated rings. The first kappa shape index (κ1) is 8.49.